The standard InChI is InChI=1S/C11H16N4O2/c1-2-17-10(16)8-4-3-7-15(8)9-5-6-13-11(12)14-9/h5-6,8H,2-4,7H2,1H3,(H2,12,13,14). The second-order valence-corrected chi connectivity index (χ2v) is 3.88. The van der Waals surface area contributed by atoms with Gasteiger partial charge in [0.1, 0.15) is 11.9 Å². The van der Waals surface area contributed by atoms with Crippen molar-refractivity contribution >= 4 is 17.7 Å². The van der Waals surface area contributed by atoms with E-state index in [2.05, 4.69) is 9.97 Å². The summed E-state index contributed by atoms with van der Waals surface area (Å²) in [5.74, 6) is 0.715. The normalized spacial score (nSPS) is 19.4. The fraction of sp³-hybridized carbons (Fsp3) is 0.545. The molecular weight excluding hydrogens is 220 g/mol. The third kappa shape index (κ3) is 2.46. The Labute approximate surface area is 99.8 Å². The van der Waals surface area contributed by atoms with Gasteiger partial charge < -0.3 is 15.4 Å². The number of ether oxygens (including phenoxy) is 1. The molecule has 1 unspecified atom stereocenters. The summed E-state index contributed by atoms with van der Waals surface area (Å²) in [4.78, 5) is 21.7. The molecule has 1 aromatic rings. The van der Waals surface area contributed by atoms with E-state index in [9.17, 15) is 4.79 Å². The molecule has 1 aliphatic heterocycles. The SMILES string of the molecule is CCOC(=O)C1CCCN1c1ccnc(N)n1. The molecule has 1 fully saturated rings. The largest absolute Gasteiger partial charge is 0.464 e. The summed E-state index contributed by atoms with van der Waals surface area (Å²) < 4.78 is 5.05. The van der Waals surface area contributed by atoms with E-state index < -0.39 is 0 Å². The van der Waals surface area contributed by atoms with Crippen LogP contribution in [0.3, 0.4) is 0 Å². The monoisotopic (exact) mass is 236 g/mol. The van der Waals surface area contributed by atoms with E-state index in [4.69, 9.17) is 10.5 Å². The predicted octanol–water partition coefficient (Wildman–Crippen LogP) is 0.591. The van der Waals surface area contributed by atoms with Gasteiger partial charge >= 0.3 is 5.97 Å². The van der Waals surface area contributed by atoms with Gasteiger partial charge in [-0.15, -0.1) is 0 Å². The number of carbonyl (C=O) groups excluding carboxylic acids is 1. The maximum absolute atomic E-state index is 11.8. The summed E-state index contributed by atoms with van der Waals surface area (Å²) in [7, 11) is 0. The molecule has 0 bridgehead atoms. The van der Waals surface area contributed by atoms with E-state index in [1.54, 1.807) is 19.2 Å². The van der Waals surface area contributed by atoms with Gasteiger partial charge in [-0.2, -0.15) is 4.98 Å². The average molecular weight is 236 g/mol. The molecule has 0 saturated carbocycles. The van der Waals surface area contributed by atoms with Crippen molar-refractivity contribution < 1.29 is 9.53 Å². The van der Waals surface area contributed by atoms with Gasteiger partial charge in [-0.1, -0.05) is 0 Å². The van der Waals surface area contributed by atoms with Gasteiger partial charge in [0, 0.05) is 12.7 Å². The van der Waals surface area contributed by atoms with Gasteiger partial charge in [0.25, 0.3) is 0 Å². The summed E-state index contributed by atoms with van der Waals surface area (Å²) in [6.45, 7) is 2.99. The zero-order valence-corrected chi connectivity index (χ0v) is 9.80. The Balaban J connectivity index is 2.17. The van der Waals surface area contributed by atoms with Crippen LogP contribution in [-0.2, 0) is 9.53 Å². The van der Waals surface area contributed by atoms with Crippen molar-refractivity contribution in [3.05, 3.63) is 12.3 Å². The highest BCUT2D eigenvalue weighted by Crippen LogP contribution is 2.24. The highest BCUT2D eigenvalue weighted by molar-refractivity contribution is 5.80. The third-order valence-electron chi connectivity index (χ3n) is 2.77. The van der Waals surface area contributed by atoms with Crippen LogP contribution in [0.5, 0.6) is 0 Å². The highest BCUT2D eigenvalue weighted by atomic mass is 16.5. The fourth-order valence-electron chi connectivity index (χ4n) is 2.05. The average Bonchev–Trinajstić information content (AvgIpc) is 2.78. The van der Waals surface area contributed by atoms with Crippen LogP contribution in [0.1, 0.15) is 19.8 Å². The number of aromatic nitrogens is 2. The maximum atomic E-state index is 11.8. The molecule has 1 saturated heterocycles. The van der Waals surface area contributed by atoms with Crippen LogP contribution in [0, 0.1) is 0 Å². The first kappa shape index (κ1) is 11.6. The Morgan fingerprint density at radius 3 is 3.24 bits per heavy atom. The first-order chi connectivity index (χ1) is 8.22. The zero-order chi connectivity index (χ0) is 12.3. The molecule has 2 rings (SSSR count). The number of nitrogens with zero attached hydrogens (tertiary/aromatic N) is 3. The third-order valence-corrected chi connectivity index (χ3v) is 2.77. The van der Waals surface area contributed by atoms with E-state index >= 15 is 0 Å². The van der Waals surface area contributed by atoms with E-state index in [0.717, 1.165) is 19.4 Å². The van der Waals surface area contributed by atoms with E-state index in [1.807, 2.05) is 4.90 Å². The summed E-state index contributed by atoms with van der Waals surface area (Å²) in [6, 6.07) is 1.51. The number of anilines is 2. The quantitative estimate of drug-likeness (QED) is 0.773. The van der Waals surface area contributed by atoms with Crippen molar-refractivity contribution in [2.45, 2.75) is 25.8 Å². The zero-order valence-electron chi connectivity index (χ0n) is 9.80. The number of nitrogen functional groups attached to an aromatic ring is 1. The molecule has 0 spiro atoms. The maximum Gasteiger partial charge on any atom is 0.328 e. The lowest BCUT2D eigenvalue weighted by Crippen LogP contribution is -2.37. The van der Waals surface area contributed by atoms with E-state index in [1.165, 1.54) is 0 Å². The number of hydrogen-bond acceptors (Lipinski definition) is 6. The topological polar surface area (TPSA) is 81.3 Å². The van der Waals surface area contributed by atoms with Crippen molar-refractivity contribution in [3.8, 4) is 0 Å². The molecule has 17 heavy (non-hydrogen) atoms. The number of rotatable bonds is 3. The molecule has 0 aromatic carbocycles. The lowest BCUT2D eigenvalue weighted by Gasteiger charge is -2.23. The van der Waals surface area contributed by atoms with Crippen LogP contribution >= 0.6 is 0 Å². The molecule has 1 atom stereocenters. The van der Waals surface area contributed by atoms with E-state index in [-0.39, 0.29) is 18.0 Å². The highest BCUT2D eigenvalue weighted by Gasteiger charge is 2.32. The minimum absolute atomic E-state index is 0.192. The minimum atomic E-state index is -0.246. The minimum Gasteiger partial charge on any atom is -0.464 e. The van der Waals surface area contributed by atoms with Gasteiger partial charge in [-0.3, -0.25) is 0 Å². The van der Waals surface area contributed by atoms with Crippen molar-refractivity contribution in [2.24, 2.45) is 0 Å². The molecule has 1 aliphatic rings. The first-order valence-electron chi connectivity index (χ1n) is 5.74. The van der Waals surface area contributed by atoms with Crippen LogP contribution in [0.4, 0.5) is 11.8 Å². The summed E-state index contributed by atoms with van der Waals surface area (Å²) in [5.41, 5.74) is 5.54. The molecule has 0 aliphatic carbocycles. The fourth-order valence-corrected chi connectivity index (χ4v) is 2.05. The molecular formula is C11H16N4O2. The molecule has 1 aromatic heterocycles. The Kier molecular flexibility index (Phi) is 3.41. The Bertz CT molecular complexity index is 410. The van der Waals surface area contributed by atoms with Crippen LogP contribution in [0.2, 0.25) is 0 Å². The Morgan fingerprint density at radius 2 is 2.53 bits per heavy atom. The second-order valence-electron chi connectivity index (χ2n) is 3.88. The van der Waals surface area contributed by atoms with Gasteiger partial charge in [-0.05, 0) is 25.8 Å². The number of hydrogen-bond donors (Lipinski definition) is 1. The number of carbonyl (C=O) groups is 1. The molecule has 0 amide bonds. The molecule has 92 valence electrons. The summed E-state index contributed by atoms with van der Waals surface area (Å²) in [5, 5.41) is 0. The molecule has 0 radical (unpaired) electrons. The van der Waals surface area contributed by atoms with Crippen LogP contribution in [0.15, 0.2) is 12.3 Å². The molecule has 2 N–H and O–H groups in total. The van der Waals surface area contributed by atoms with Crippen LogP contribution in [-0.4, -0.2) is 35.1 Å². The lowest BCUT2D eigenvalue weighted by atomic mass is 10.2. The first-order valence-corrected chi connectivity index (χ1v) is 5.74. The van der Waals surface area contributed by atoms with Crippen molar-refractivity contribution in [3.63, 3.8) is 0 Å². The van der Waals surface area contributed by atoms with Gasteiger partial charge in [0.15, 0.2) is 0 Å². The Morgan fingerprint density at radius 1 is 1.71 bits per heavy atom. The Hall–Kier alpha value is -1.85. The van der Waals surface area contributed by atoms with E-state index in [0.29, 0.717) is 12.4 Å². The van der Waals surface area contributed by atoms with Crippen molar-refractivity contribution in [1.29, 1.82) is 0 Å². The van der Waals surface area contributed by atoms with Gasteiger partial charge in [-0.25, -0.2) is 9.78 Å². The van der Waals surface area contributed by atoms with Crippen molar-refractivity contribution in [1.82, 2.24) is 9.97 Å². The summed E-state index contributed by atoms with van der Waals surface area (Å²) in [6.07, 6.45) is 3.34. The number of esters is 1. The van der Waals surface area contributed by atoms with Crippen LogP contribution in [0.25, 0.3) is 0 Å². The number of nitrogens with two attached hydrogens (primary N) is 1. The molecule has 2 heterocycles. The van der Waals surface area contributed by atoms with Gasteiger partial charge in [0.05, 0.1) is 6.61 Å². The smallest absolute Gasteiger partial charge is 0.328 e. The van der Waals surface area contributed by atoms with Crippen LogP contribution < -0.4 is 10.6 Å². The lowest BCUT2D eigenvalue weighted by molar-refractivity contribution is -0.144. The van der Waals surface area contributed by atoms with Crippen molar-refractivity contribution in [2.75, 3.05) is 23.8 Å². The molecule has 6 nitrogen and oxygen atoms in total. The van der Waals surface area contributed by atoms with Gasteiger partial charge in [0.2, 0.25) is 5.95 Å². The summed E-state index contributed by atoms with van der Waals surface area (Å²) >= 11 is 0. The second kappa shape index (κ2) is 4.99. The molecule has 6 heteroatoms. The predicted molar refractivity (Wildman–Crippen MR) is 63.4 cm³/mol.